The fourth-order valence-electron chi connectivity index (χ4n) is 3.83. The van der Waals surface area contributed by atoms with Crippen molar-refractivity contribution in [1.82, 2.24) is 15.6 Å². The zero-order chi connectivity index (χ0) is 24.7. The van der Waals surface area contributed by atoms with E-state index in [4.69, 9.17) is 0 Å². The van der Waals surface area contributed by atoms with E-state index in [2.05, 4.69) is 15.6 Å². The highest BCUT2D eigenvalue weighted by atomic mass is 32.2. The number of aliphatic hydroxyl groups excluding tert-OH is 1. The van der Waals surface area contributed by atoms with Gasteiger partial charge in [0, 0.05) is 6.04 Å². The zero-order valence-electron chi connectivity index (χ0n) is 19.8. The fraction of sp³-hybridized carbons (Fsp3) is 0.440. The highest BCUT2D eigenvalue weighted by Gasteiger charge is 2.31. The molecule has 0 saturated heterocycles. The van der Waals surface area contributed by atoms with Crippen LogP contribution < -0.4 is 10.6 Å². The van der Waals surface area contributed by atoms with Crippen LogP contribution in [-0.4, -0.2) is 48.3 Å². The van der Waals surface area contributed by atoms with E-state index in [0.717, 1.165) is 16.6 Å². The van der Waals surface area contributed by atoms with Crippen LogP contribution in [0, 0.1) is 0 Å². The minimum absolute atomic E-state index is 0.0958. The van der Waals surface area contributed by atoms with Crippen molar-refractivity contribution in [3.63, 3.8) is 0 Å². The number of sulfone groups is 1. The molecule has 0 aliphatic carbocycles. The number of para-hydroxylation sites is 1. The van der Waals surface area contributed by atoms with Crippen LogP contribution in [0.2, 0.25) is 0 Å². The van der Waals surface area contributed by atoms with Crippen molar-refractivity contribution in [2.75, 3.05) is 5.75 Å². The van der Waals surface area contributed by atoms with Gasteiger partial charge in [0.05, 0.1) is 27.8 Å². The maximum Gasteiger partial charge on any atom is 0.238 e. The predicted octanol–water partition coefficient (Wildman–Crippen LogP) is 3.60. The first-order valence-electron chi connectivity index (χ1n) is 11.5. The number of rotatable bonds is 12. The molecule has 2 unspecified atom stereocenters. The van der Waals surface area contributed by atoms with Gasteiger partial charge in [-0.3, -0.25) is 4.79 Å². The summed E-state index contributed by atoms with van der Waals surface area (Å²) in [6, 6.07) is 15.0. The van der Waals surface area contributed by atoms with Crippen molar-refractivity contribution in [2.45, 2.75) is 63.6 Å². The molecule has 3 aromatic rings. The smallest absolute Gasteiger partial charge is 0.238 e. The summed E-state index contributed by atoms with van der Waals surface area (Å²) in [7, 11) is -3.56. The quantitative estimate of drug-likeness (QED) is 0.349. The molecule has 1 amide bonds. The average Bonchev–Trinajstić information content (AvgIpc) is 3.22. The van der Waals surface area contributed by atoms with E-state index >= 15 is 0 Å². The van der Waals surface area contributed by atoms with Crippen molar-refractivity contribution >= 4 is 37.3 Å². The fourth-order valence-corrected chi connectivity index (χ4v) is 6.43. The Labute approximate surface area is 205 Å². The summed E-state index contributed by atoms with van der Waals surface area (Å²) in [5, 5.41) is 17.6. The van der Waals surface area contributed by atoms with Crippen molar-refractivity contribution in [3.8, 4) is 0 Å². The van der Waals surface area contributed by atoms with E-state index < -0.39 is 33.9 Å². The molecule has 0 radical (unpaired) electrons. The minimum atomic E-state index is -3.56. The van der Waals surface area contributed by atoms with Crippen LogP contribution in [0.4, 0.5) is 0 Å². The first-order valence-corrected chi connectivity index (χ1v) is 14.2. The maximum absolute atomic E-state index is 13.2. The van der Waals surface area contributed by atoms with Crippen molar-refractivity contribution in [1.29, 1.82) is 0 Å². The van der Waals surface area contributed by atoms with Gasteiger partial charge in [-0.05, 0) is 24.1 Å². The predicted molar refractivity (Wildman–Crippen MR) is 137 cm³/mol. The highest BCUT2D eigenvalue weighted by Crippen LogP contribution is 2.29. The molecule has 9 heteroatoms. The van der Waals surface area contributed by atoms with Gasteiger partial charge in [0.25, 0.3) is 0 Å². The number of carbonyl (C=O) groups is 1. The number of thiazole rings is 1. The summed E-state index contributed by atoms with van der Waals surface area (Å²) in [5.41, 5.74) is 1.48. The van der Waals surface area contributed by atoms with Crippen LogP contribution >= 0.6 is 11.3 Å². The number of nitrogens with zero attached hydrogens (tertiary/aromatic N) is 1. The van der Waals surface area contributed by atoms with E-state index in [1.807, 2.05) is 51.1 Å². The number of aromatic nitrogens is 1. The SMILES string of the molecule is CCCC(NC(=O)[C@H](CS(=O)(=O)Cc1ccccc1)NC(C)C)C(O)c1nc2ccccc2s1. The molecule has 184 valence electrons. The van der Waals surface area contributed by atoms with Gasteiger partial charge in [-0.2, -0.15) is 0 Å². The molecule has 0 aliphatic rings. The Kier molecular flexibility index (Phi) is 9.18. The van der Waals surface area contributed by atoms with Crippen LogP contribution in [-0.2, 0) is 20.4 Å². The van der Waals surface area contributed by atoms with Gasteiger partial charge in [-0.15, -0.1) is 11.3 Å². The number of benzene rings is 2. The van der Waals surface area contributed by atoms with Gasteiger partial charge in [-0.1, -0.05) is 69.7 Å². The molecule has 3 rings (SSSR count). The Bertz CT molecular complexity index is 1150. The molecule has 1 heterocycles. The van der Waals surface area contributed by atoms with Gasteiger partial charge >= 0.3 is 0 Å². The Morgan fingerprint density at radius 2 is 1.76 bits per heavy atom. The topological polar surface area (TPSA) is 108 Å². The number of amides is 1. The van der Waals surface area contributed by atoms with Gasteiger partial charge in [0.2, 0.25) is 5.91 Å². The Morgan fingerprint density at radius 1 is 1.09 bits per heavy atom. The van der Waals surface area contributed by atoms with E-state index in [1.165, 1.54) is 11.3 Å². The second-order valence-corrected chi connectivity index (χ2v) is 12.0. The number of hydrogen-bond donors (Lipinski definition) is 3. The molecular weight excluding hydrogens is 470 g/mol. The van der Waals surface area contributed by atoms with Gasteiger partial charge in [0.15, 0.2) is 9.84 Å². The summed E-state index contributed by atoms with van der Waals surface area (Å²) >= 11 is 1.39. The molecule has 0 fully saturated rings. The van der Waals surface area contributed by atoms with Crippen molar-refractivity contribution < 1.29 is 18.3 Å². The molecule has 3 N–H and O–H groups in total. The van der Waals surface area contributed by atoms with Gasteiger partial charge < -0.3 is 15.7 Å². The third-order valence-corrected chi connectivity index (χ3v) is 8.09. The summed E-state index contributed by atoms with van der Waals surface area (Å²) in [4.78, 5) is 17.8. The van der Waals surface area contributed by atoms with Gasteiger partial charge in [-0.25, -0.2) is 13.4 Å². The minimum Gasteiger partial charge on any atom is -0.384 e. The lowest BCUT2D eigenvalue weighted by atomic mass is 10.1. The van der Waals surface area contributed by atoms with Crippen molar-refractivity contribution in [3.05, 3.63) is 65.2 Å². The number of aliphatic hydroxyl groups is 1. The van der Waals surface area contributed by atoms with E-state index in [0.29, 0.717) is 17.0 Å². The van der Waals surface area contributed by atoms with E-state index in [-0.39, 0.29) is 17.5 Å². The normalized spacial score (nSPS) is 14.7. The lowest BCUT2D eigenvalue weighted by Crippen LogP contribution is -2.53. The molecule has 1 aromatic heterocycles. The van der Waals surface area contributed by atoms with Crippen LogP contribution in [0.3, 0.4) is 0 Å². The third kappa shape index (κ3) is 7.33. The lowest BCUT2D eigenvalue weighted by Gasteiger charge is -2.27. The number of fused-ring (bicyclic) bond motifs is 1. The maximum atomic E-state index is 13.2. The first kappa shape index (κ1) is 26.3. The summed E-state index contributed by atoms with van der Waals surface area (Å²) in [6.45, 7) is 5.70. The van der Waals surface area contributed by atoms with E-state index in [9.17, 15) is 18.3 Å². The summed E-state index contributed by atoms with van der Waals surface area (Å²) < 4.78 is 26.7. The third-order valence-electron chi connectivity index (χ3n) is 5.37. The molecule has 34 heavy (non-hydrogen) atoms. The summed E-state index contributed by atoms with van der Waals surface area (Å²) in [6.07, 6.45) is 0.289. The highest BCUT2D eigenvalue weighted by molar-refractivity contribution is 7.90. The first-order chi connectivity index (χ1) is 16.2. The number of nitrogens with one attached hydrogen (secondary N) is 2. The molecule has 0 aliphatic heterocycles. The van der Waals surface area contributed by atoms with Crippen LogP contribution in [0.1, 0.15) is 50.3 Å². The molecule has 0 saturated carbocycles. The Balaban J connectivity index is 1.75. The average molecular weight is 504 g/mol. The Hall–Kier alpha value is -2.33. The second kappa shape index (κ2) is 11.9. The molecule has 0 bridgehead atoms. The van der Waals surface area contributed by atoms with Crippen molar-refractivity contribution in [2.24, 2.45) is 0 Å². The molecule has 0 spiro atoms. The zero-order valence-corrected chi connectivity index (χ0v) is 21.4. The molecule has 7 nitrogen and oxygen atoms in total. The van der Waals surface area contributed by atoms with E-state index in [1.54, 1.807) is 24.3 Å². The van der Waals surface area contributed by atoms with Crippen LogP contribution in [0.15, 0.2) is 54.6 Å². The monoisotopic (exact) mass is 503 g/mol. The molecular formula is C25H33N3O4S2. The number of hydrogen-bond acceptors (Lipinski definition) is 7. The standard InChI is InChI=1S/C25H33N3O4S2/c1-4-10-20(23(29)25-28-19-13-8-9-14-22(19)33-25)27-24(30)21(26-17(2)3)16-34(31,32)15-18-11-6-5-7-12-18/h5-9,11-14,17,20-21,23,26,29H,4,10,15-16H2,1-3H3,(H,27,30)/t20?,21-,23?/m0/s1. The lowest BCUT2D eigenvalue weighted by molar-refractivity contribution is -0.124. The largest absolute Gasteiger partial charge is 0.384 e. The van der Waals surface area contributed by atoms with Gasteiger partial charge in [0.1, 0.15) is 17.2 Å². The molecule has 2 aromatic carbocycles. The Morgan fingerprint density at radius 3 is 2.41 bits per heavy atom. The second-order valence-electron chi connectivity index (χ2n) is 8.78. The summed E-state index contributed by atoms with van der Waals surface area (Å²) in [5.74, 6) is -0.907. The molecule has 3 atom stereocenters. The van der Waals surface area contributed by atoms with Crippen LogP contribution in [0.5, 0.6) is 0 Å². The number of carbonyl (C=O) groups excluding carboxylic acids is 1. The van der Waals surface area contributed by atoms with Crippen LogP contribution in [0.25, 0.3) is 10.2 Å².